The van der Waals surface area contributed by atoms with Crippen LogP contribution in [-0.2, 0) is 11.3 Å². The van der Waals surface area contributed by atoms with Crippen molar-refractivity contribution in [2.24, 2.45) is 0 Å². The van der Waals surface area contributed by atoms with Gasteiger partial charge >= 0.3 is 0 Å². The third-order valence-corrected chi connectivity index (χ3v) is 5.44. The lowest BCUT2D eigenvalue weighted by atomic mass is 10.0. The summed E-state index contributed by atoms with van der Waals surface area (Å²) >= 11 is 0. The van der Waals surface area contributed by atoms with Gasteiger partial charge in [0.05, 0.1) is 36.5 Å². The zero-order valence-electron chi connectivity index (χ0n) is 17.1. The summed E-state index contributed by atoms with van der Waals surface area (Å²) < 4.78 is 8.83. The van der Waals surface area contributed by atoms with Gasteiger partial charge in [-0.05, 0) is 18.2 Å². The summed E-state index contributed by atoms with van der Waals surface area (Å²) in [6.45, 7) is 4.59. The molecule has 0 spiro atoms. The Kier molecular flexibility index (Phi) is 6.46. The SMILES string of the molecule is Cl.O=c1ccc(-c2c(-c3ccccc3)nn3ccccc23)nn1CCN1CCOCC1. The van der Waals surface area contributed by atoms with Gasteiger partial charge in [-0.1, -0.05) is 36.4 Å². The molecule has 0 radical (unpaired) electrons. The summed E-state index contributed by atoms with van der Waals surface area (Å²) in [7, 11) is 0. The van der Waals surface area contributed by atoms with Crippen LogP contribution in [0.2, 0.25) is 0 Å². The van der Waals surface area contributed by atoms with Crippen molar-refractivity contribution in [1.29, 1.82) is 0 Å². The molecule has 4 aromatic rings. The molecule has 7 nitrogen and oxygen atoms in total. The summed E-state index contributed by atoms with van der Waals surface area (Å²) in [5, 5.41) is 9.53. The zero-order valence-corrected chi connectivity index (χ0v) is 17.9. The minimum absolute atomic E-state index is 0. The molecule has 5 rings (SSSR count). The molecule has 0 unspecified atom stereocenters. The molecule has 1 aromatic carbocycles. The van der Waals surface area contributed by atoms with Gasteiger partial charge in [0.25, 0.3) is 5.56 Å². The van der Waals surface area contributed by atoms with Crippen LogP contribution in [-0.4, -0.2) is 57.1 Å². The Bertz CT molecular complexity index is 1220. The average molecular weight is 438 g/mol. The van der Waals surface area contributed by atoms with E-state index in [4.69, 9.17) is 14.9 Å². The smallest absolute Gasteiger partial charge is 0.266 e. The Hall–Kier alpha value is -3.00. The number of pyridine rings is 1. The quantitative estimate of drug-likeness (QED) is 0.480. The number of nitrogens with zero attached hydrogens (tertiary/aromatic N) is 5. The molecular formula is C23H24ClN5O2. The van der Waals surface area contributed by atoms with Gasteiger partial charge in [-0.15, -0.1) is 12.4 Å². The van der Waals surface area contributed by atoms with Crippen molar-refractivity contribution in [2.75, 3.05) is 32.8 Å². The number of ether oxygens (including phenoxy) is 1. The van der Waals surface area contributed by atoms with E-state index in [1.54, 1.807) is 16.8 Å². The molecule has 0 bridgehead atoms. The van der Waals surface area contributed by atoms with E-state index in [0.29, 0.717) is 6.54 Å². The fourth-order valence-electron chi connectivity index (χ4n) is 3.85. The molecule has 0 amide bonds. The molecule has 1 saturated heterocycles. The van der Waals surface area contributed by atoms with Crippen molar-refractivity contribution in [3.8, 4) is 22.5 Å². The highest BCUT2D eigenvalue weighted by Crippen LogP contribution is 2.33. The lowest BCUT2D eigenvalue weighted by Crippen LogP contribution is -2.39. The fraction of sp³-hybridized carbons (Fsp3) is 0.261. The number of rotatable bonds is 5. The number of aromatic nitrogens is 4. The van der Waals surface area contributed by atoms with Gasteiger partial charge in [0.1, 0.15) is 5.69 Å². The van der Waals surface area contributed by atoms with Gasteiger partial charge in [0.15, 0.2) is 0 Å². The van der Waals surface area contributed by atoms with E-state index in [9.17, 15) is 4.79 Å². The number of fused-ring (bicyclic) bond motifs is 1. The Balaban J connectivity index is 0.00000231. The molecule has 0 atom stereocenters. The van der Waals surface area contributed by atoms with Crippen LogP contribution >= 0.6 is 12.4 Å². The molecule has 1 fully saturated rings. The number of halogens is 1. The van der Waals surface area contributed by atoms with E-state index in [1.807, 2.05) is 59.2 Å². The second-order valence-electron chi connectivity index (χ2n) is 7.35. The van der Waals surface area contributed by atoms with Crippen LogP contribution in [0.4, 0.5) is 0 Å². The maximum absolute atomic E-state index is 12.5. The number of hydrogen-bond donors (Lipinski definition) is 0. The van der Waals surface area contributed by atoms with Crippen LogP contribution in [0.1, 0.15) is 0 Å². The molecule has 0 saturated carbocycles. The minimum atomic E-state index is -0.0928. The number of hydrogen-bond acceptors (Lipinski definition) is 5. The van der Waals surface area contributed by atoms with Crippen molar-refractivity contribution in [1.82, 2.24) is 24.3 Å². The highest BCUT2D eigenvalue weighted by molar-refractivity contribution is 5.90. The molecule has 4 heterocycles. The molecular weight excluding hydrogens is 414 g/mol. The molecule has 160 valence electrons. The van der Waals surface area contributed by atoms with E-state index in [0.717, 1.165) is 60.9 Å². The first-order valence-electron chi connectivity index (χ1n) is 10.2. The van der Waals surface area contributed by atoms with Crippen LogP contribution < -0.4 is 5.56 Å². The zero-order chi connectivity index (χ0) is 20.3. The first-order valence-corrected chi connectivity index (χ1v) is 10.2. The summed E-state index contributed by atoms with van der Waals surface area (Å²) in [4.78, 5) is 14.8. The van der Waals surface area contributed by atoms with Crippen molar-refractivity contribution in [3.63, 3.8) is 0 Å². The number of benzene rings is 1. The van der Waals surface area contributed by atoms with Crippen molar-refractivity contribution < 1.29 is 4.74 Å². The van der Waals surface area contributed by atoms with E-state index in [1.165, 1.54) is 0 Å². The predicted octanol–water partition coefficient (Wildman–Crippen LogP) is 2.98. The van der Waals surface area contributed by atoms with E-state index < -0.39 is 0 Å². The molecule has 0 aliphatic carbocycles. The topological polar surface area (TPSA) is 64.7 Å². The van der Waals surface area contributed by atoms with Crippen LogP contribution in [0.15, 0.2) is 71.7 Å². The summed E-state index contributed by atoms with van der Waals surface area (Å²) in [5.41, 5.74) is 4.42. The number of morpholine rings is 1. The Morgan fingerprint density at radius 2 is 1.65 bits per heavy atom. The van der Waals surface area contributed by atoms with Crippen molar-refractivity contribution in [3.05, 3.63) is 77.2 Å². The second-order valence-corrected chi connectivity index (χ2v) is 7.35. The Morgan fingerprint density at radius 1 is 0.871 bits per heavy atom. The Labute approximate surface area is 186 Å². The maximum Gasteiger partial charge on any atom is 0.266 e. The van der Waals surface area contributed by atoms with Crippen LogP contribution in [0.5, 0.6) is 0 Å². The third-order valence-electron chi connectivity index (χ3n) is 5.44. The molecule has 1 aliphatic rings. The predicted molar refractivity (Wildman–Crippen MR) is 123 cm³/mol. The average Bonchev–Trinajstić information content (AvgIpc) is 3.19. The van der Waals surface area contributed by atoms with Crippen LogP contribution in [0, 0.1) is 0 Å². The lowest BCUT2D eigenvalue weighted by Gasteiger charge is -2.26. The van der Waals surface area contributed by atoms with Gasteiger partial charge in [0, 0.05) is 37.5 Å². The minimum Gasteiger partial charge on any atom is -0.379 e. The molecule has 31 heavy (non-hydrogen) atoms. The van der Waals surface area contributed by atoms with E-state index in [2.05, 4.69) is 4.90 Å². The summed E-state index contributed by atoms with van der Waals surface area (Å²) in [5.74, 6) is 0. The molecule has 1 aliphatic heterocycles. The van der Waals surface area contributed by atoms with Crippen LogP contribution in [0.3, 0.4) is 0 Å². The van der Waals surface area contributed by atoms with E-state index >= 15 is 0 Å². The van der Waals surface area contributed by atoms with Gasteiger partial charge in [-0.2, -0.15) is 10.2 Å². The first kappa shape index (κ1) is 21.2. The standard InChI is InChI=1S/C23H23N5O2.ClH/c29-21-10-9-19(24-28(21)13-12-26-14-16-30-17-15-26)22-20-8-4-5-11-27(20)25-23(22)18-6-2-1-3-7-18;/h1-11H,12-17H2;1H. The third kappa shape index (κ3) is 4.39. The molecule has 8 heteroatoms. The molecule has 3 aromatic heterocycles. The fourth-order valence-corrected chi connectivity index (χ4v) is 3.85. The normalized spacial score (nSPS) is 14.5. The second kappa shape index (κ2) is 9.43. The first-order chi connectivity index (χ1) is 14.8. The largest absolute Gasteiger partial charge is 0.379 e. The van der Waals surface area contributed by atoms with Gasteiger partial charge in [0.2, 0.25) is 0 Å². The van der Waals surface area contributed by atoms with Gasteiger partial charge in [-0.25, -0.2) is 9.20 Å². The van der Waals surface area contributed by atoms with Crippen molar-refractivity contribution in [2.45, 2.75) is 6.54 Å². The molecule has 0 N–H and O–H groups in total. The highest BCUT2D eigenvalue weighted by Gasteiger charge is 2.18. The summed E-state index contributed by atoms with van der Waals surface area (Å²) in [6, 6.07) is 19.4. The highest BCUT2D eigenvalue weighted by atomic mass is 35.5. The van der Waals surface area contributed by atoms with Crippen molar-refractivity contribution >= 4 is 17.9 Å². The van der Waals surface area contributed by atoms with Gasteiger partial charge in [-0.3, -0.25) is 9.69 Å². The van der Waals surface area contributed by atoms with E-state index in [-0.39, 0.29) is 18.0 Å². The maximum atomic E-state index is 12.5. The van der Waals surface area contributed by atoms with Crippen LogP contribution in [0.25, 0.3) is 28.0 Å². The lowest BCUT2D eigenvalue weighted by molar-refractivity contribution is 0.0358. The summed E-state index contributed by atoms with van der Waals surface area (Å²) in [6.07, 6.45) is 1.93. The Morgan fingerprint density at radius 3 is 2.45 bits per heavy atom. The van der Waals surface area contributed by atoms with Gasteiger partial charge < -0.3 is 4.74 Å². The monoisotopic (exact) mass is 437 g/mol.